The highest BCUT2D eigenvalue weighted by atomic mass is 35.5. The van der Waals surface area contributed by atoms with Crippen molar-refractivity contribution in [1.82, 2.24) is 10.2 Å². The Labute approximate surface area is 266 Å². The van der Waals surface area contributed by atoms with Crippen LogP contribution in [-0.4, -0.2) is 62.6 Å². The van der Waals surface area contributed by atoms with E-state index >= 15 is 0 Å². The predicted octanol–water partition coefficient (Wildman–Crippen LogP) is 5.09. The van der Waals surface area contributed by atoms with E-state index < -0.39 is 45.0 Å². The van der Waals surface area contributed by atoms with Crippen molar-refractivity contribution in [2.24, 2.45) is 5.92 Å². The van der Waals surface area contributed by atoms with Gasteiger partial charge < -0.3 is 15.0 Å². The van der Waals surface area contributed by atoms with Crippen molar-refractivity contribution in [3.05, 3.63) is 98.0 Å². The minimum Gasteiger partial charge on any atom is -0.495 e. The lowest BCUT2D eigenvalue weighted by molar-refractivity contribution is -0.384. The Balaban J connectivity index is 2.14. The third kappa shape index (κ3) is 9.31. The Morgan fingerprint density at radius 2 is 1.68 bits per heavy atom. The fourth-order valence-corrected chi connectivity index (χ4v) is 5.56. The first-order chi connectivity index (χ1) is 20.7. The van der Waals surface area contributed by atoms with Gasteiger partial charge in [-0.25, -0.2) is 8.42 Å². The summed E-state index contributed by atoms with van der Waals surface area (Å²) in [6.45, 7) is 3.31. The van der Waals surface area contributed by atoms with Crippen LogP contribution >= 0.6 is 23.2 Å². The SMILES string of the molecule is COc1ccc([N+](=O)[O-])cc1N(CC(=O)N(Cc1ccc(Cl)c(Cl)c1)[C@@H](Cc1ccccc1)C(=O)NCC(C)C)S(C)(=O)=O. The van der Waals surface area contributed by atoms with Gasteiger partial charge in [-0.1, -0.05) is 73.4 Å². The van der Waals surface area contributed by atoms with Gasteiger partial charge in [0.25, 0.3) is 5.69 Å². The summed E-state index contributed by atoms with van der Waals surface area (Å²) < 4.78 is 32.2. The lowest BCUT2D eigenvalue weighted by Gasteiger charge is -2.34. The van der Waals surface area contributed by atoms with E-state index in [1.165, 1.54) is 18.1 Å². The van der Waals surface area contributed by atoms with Crippen LogP contribution in [0.2, 0.25) is 10.0 Å². The second-order valence-corrected chi connectivity index (χ2v) is 13.2. The maximum Gasteiger partial charge on any atom is 0.271 e. The summed E-state index contributed by atoms with van der Waals surface area (Å²) in [5.41, 5.74) is 0.714. The zero-order valence-corrected chi connectivity index (χ0v) is 27.0. The largest absolute Gasteiger partial charge is 0.495 e. The average Bonchev–Trinajstić information content (AvgIpc) is 2.97. The van der Waals surface area contributed by atoms with E-state index in [0.717, 1.165) is 28.3 Å². The molecule has 236 valence electrons. The van der Waals surface area contributed by atoms with E-state index in [9.17, 15) is 28.1 Å². The number of anilines is 1. The number of carbonyl (C=O) groups is 2. The number of rotatable bonds is 14. The number of non-ortho nitro benzene ring substituents is 1. The standard InChI is InChI=1S/C30H34Cl2N4O7S/c1-20(2)17-33-30(38)27(15-21-8-6-5-7-9-21)34(18-22-10-12-24(31)25(32)14-22)29(37)19-35(44(4,41)42)26-16-23(36(39)40)11-13-28(26)43-3/h5-14,16,20,27H,15,17-19H2,1-4H3,(H,33,38)/t27-/m0/s1. The smallest absolute Gasteiger partial charge is 0.271 e. The van der Waals surface area contributed by atoms with Crippen molar-refractivity contribution < 1.29 is 27.7 Å². The number of methoxy groups -OCH3 is 1. The number of benzene rings is 3. The highest BCUT2D eigenvalue weighted by Crippen LogP contribution is 2.34. The van der Waals surface area contributed by atoms with Gasteiger partial charge in [0.15, 0.2) is 0 Å². The van der Waals surface area contributed by atoms with Crippen LogP contribution in [0.1, 0.15) is 25.0 Å². The molecule has 11 nitrogen and oxygen atoms in total. The molecule has 0 aromatic heterocycles. The average molecular weight is 666 g/mol. The number of hydrogen-bond donors (Lipinski definition) is 1. The first kappa shape index (κ1) is 34.6. The molecule has 0 aliphatic heterocycles. The van der Waals surface area contributed by atoms with Crippen molar-refractivity contribution in [2.75, 3.05) is 30.8 Å². The van der Waals surface area contributed by atoms with Crippen LogP contribution in [0.3, 0.4) is 0 Å². The van der Waals surface area contributed by atoms with Crippen LogP contribution in [0.15, 0.2) is 66.7 Å². The lowest BCUT2D eigenvalue weighted by Crippen LogP contribution is -2.53. The van der Waals surface area contributed by atoms with E-state index in [0.29, 0.717) is 17.1 Å². The zero-order valence-electron chi connectivity index (χ0n) is 24.7. The zero-order chi connectivity index (χ0) is 32.6. The Bertz CT molecular complexity index is 1600. The van der Waals surface area contributed by atoms with Gasteiger partial charge in [0.05, 0.1) is 28.3 Å². The first-order valence-electron chi connectivity index (χ1n) is 13.6. The molecular formula is C30H34Cl2N4O7S. The highest BCUT2D eigenvalue weighted by molar-refractivity contribution is 7.92. The molecule has 0 aliphatic carbocycles. The monoisotopic (exact) mass is 664 g/mol. The number of nitro groups is 1. The molecule has 0 spiro atoms. The van der Waals surface area contributed by atoms with Crippen LogP contribution in [0.25, 0.3) is 0 Å². The summed E-state index contributed by atoms with van der Waals surface area (Å²) in [5.74, 6) is -1.05. The van der Waals surface area contributed by atoms with Gasteiger partial charge in [-0.3, -0.25) is 24.0 Å². The molecule has 0 heterocycles. The number of hydrogen-bond acceptors (Lipinski definition) is 7. The number of halogens is 2. The van der Waals surface area contributed by atoms with Crippen LogP contribution in [0, 0.1) is 16.0 Å². The molecule has 3 rings (SSSR count). The predicted molar refractivity (Wildman–Crippen MR) is 171 cm³/mol. The molecule has 0 fully saturated rings. The summed E-state index contributed by atoms with van der Waals surface area (Å²) >= 11 is 12.4. The third-order valence-electron chi connectivity index (χ3n) is 6.61. The first-order valence-corrected chi connectivity index (χ1v) is 16.2. The molecule has 0 radical (unpaired) electrons. The van der Waals surface area contributed by atoms with Gasteiger partial charge >= 0.3 is 0 Å². The van der Waals surface area contributed by atoms with E-state index in [-0.39, 0.29) is 35.3 Å². The van der Waals surface area contributed by atoms with Gasteiger partial charge in [0.1, 0.15) is 24.0 Å². The Hall–Kier alpha value is -3.87. The molecule has 0 saturated heterocycles. The molecule has 14 heteroatoms. The number of sulfonamides is 1. The fourth-order valence-electron chi connectivity index (χ4n) is 4.39. The normalized spacial score (nSPS) is 12.0. The summed E-state index contributed by atoms with van der Waals surface area (Å²) in [5, 5.41) is 14.9. The number of ether oxygens (including phenoxy) is 1. The number of nitro benzene ring substituents is 1. The number of carbonyl (C=O) groups excluding carboxylic acids is 2. The quantitative estimate of drug-likeness (QED) is 0.187. The fraction of sp³-hybridized carbons (Fsp3) is 0.333. The second-order valence-electron chi connectivity index (χ2n) is 10.5. The van der Waals surface area contributed by atoms with Gasteiger partial charge in [-0.05, 0) is 35.2 Å². The summed E-state index contributed by atoms with van der Waals surface area (Å²) in [6, 6.07) is 16.2. The molecule has 0 aliphatic rings. The molecule has 3 aromatic rings. The van der Waals surface area contributed by atoms with E-state index in [1.807, 2.05) is 44.2 Å². The van der Waals surface area contributed by atoms with Crippen molar-refractivity contribution in [1.29, 1.82) is 0 Å². The van der Waals surface area contributed by atoms with Crippen molar-refractivity contribution in [3.63, 3.8) is 0 Å². The maximum absolute atomic E-state index is 14.2. The molecule has 1 N–H and O–H groups in total. The van der Waals surface area contributed by atoms with Gasteiger partial charge in [0, 0.05) is 31.6 Å². The lowest BCUT2D eigenvalue weighted by atomic mass is 10.0. The molecule has 1 atom stereocenters. The van der Waals surface area contributed by atoms with Gasteiger partial charge in [0.2, 0.25) is 21.8 Å². The summed E-state index contributed by atoms with van der Waals surface area (Å²) in [6.07, 6.45) is 0.996. The van der Waals surface area contributed by atoms with Crippen molar-refractivity contribution >= 4 is 56.4 Å². The molecule has 44 heavy (non-hydrogen) atoms. The van der Waals surface area contributed by atoms with Crippen LogP contribution < -0.4 is 14.4 Å². The molecule has 3 aromatic carbocycles. The topological polar surface area (TPSA) is 139 Å². The minimum absolute atomic E-state index is 0.000343. The molecule has 0 saturated carbocycles. The number of amides is 2. The molecule has 2 amide bonds. The molecular weight excluding hydrogens is 631 g/mol. The molecule has 0 bridgehead atoms. The number of nitrogens with one attached hydrogen (secondary N) is 1. The Morgan fingerprint density at radius 3 is 2.25 bits per heavy atom. The van der Waals surface area contributed by atoms with E-state index in [1.54, 1.807) is 18.2 Å². The van der Waals surface area contributed by atoms with Crippen LogP contribution in [0.5, 0.6) is 5.75 Å². The Kier molecular flexibility index (Phi) is 12.0. The maximum atomic E-state index is 14.2. The van der Waals surface area contributed by atoms with Crippen molar-refractivity contribution in [3.8, 4) is 5.75 Å². The number of nitrogens with zero attached hydrogens (tertiary/aromatic N) is 3. The van der Waals surface area contributed by atoms with E-state index in [2.05, 4.69) is 5.32 Å². The van der Waals surface area contributed by atoms with Gasteiger partial charge in [-0.15, -0.1) is 0 Å². The highest BCUT2D eigenvalue weighted by Gasteiger charge is 2.34. The van der Waals surface area contributed by atoms with Gasteiger partial charge in [-0.2, -0.15) is 0 Å². The molecule has 0 unspecified atom stereocenters. The van der Waals surface area contributed by atoms with Crippen LogP contribution in [-0.2, 0) is 32.6 Å². The second kappa shape index (κ2) is 15.2. The summed E-state index contributed by atoms with van der Waals surface area (Å²) in [7, 11) is -2.91. The third-order valence-corrected chi connectivity index (χ3v) is 8.48. The van der Waals surface area contributed by atoms with Crippen molar-refractivity contribution in [2.45, 2.75) is 32.9 Å². The summed E-state index contributed by atoms with van der Waals surface area (Å²) in [4.78, 5) is 40.0. The van der Waals surface area contributed by atoms with Crippen LogP contribution in [0.4, 0.5) is 11.4 Å². The Morgan fingerprint density at radius 1 is 1.00 bits per heavy atom. The van der Waals surface area contributed by atoms with E-state index in [4.69, 9.17) is 27.9 Å². The minimum atomic E-state index is -4.19.